The number of hydrogen-bond donors (Lipinski definition) is 5. The number of benzene rings is 1. The molecule has 2 unspecified atom stereocenters. The number of hydrogen-bond acceptors (Lipinski definition) is 8. The molecule has 1 aromatic heterocycles. The zero-order valence-corrected chi connectivity index (χ0v) is 12.9. The Morgan fingerprint density at radius 2 is 1.88 bits per heavy atom. The number of carbonyl (C=O) groups is 2. The number of aromatic nitrogens is 2. The van der Waals surface area contributed by atoms with Gasteiger partial charge in [-0.15, -0.1) is 0 Å². The molecule has 0 spiro atoms. The second-order valence-corrected chi connectivity index (χ2v) is 5.82. The van der Waals surface area contributed by atoms with Crippen LogP contribution in [0, 0.1) is 6.92 Å². The molecule has 2 amide bonds. The average molecular weight is 331 g/mol. The molecule has 0 bridgehead atoms. The quantitative estimate of drug-likeness (QED) is 0.289. The summed E-state index contributed by atoms with van der Waals surface area (Å²) in [5.74, 6) is -1.32. The number of carbonyl (C=O) groups excluding carboxylic acids is 2. The lowest BCUT2D eigenvalue weighted by Gasteiger charge is -2.36. The zero-order valence-electron chi connectivity index (χ0n) is 12.9. The van der Waals surface area contributed by atoms with Crippen LogP contribution in [0.1, 0.15) is 12.2 Å². The first-order chi connectivity index (χ1) is 11.2. The van der Waals surface area contributed by atoms with E-state index in [4.69, 9.17) is 22.9 Å². The first-order valence-corrected chi connectivity index (χ1v) is 7.14. The Balaban J connectivity index is 2.35. The first-order valence-electron chi connectivity index (χ1n) is 7.14. The lowest BCUT2D eigenvalue weighted by molar-refractivity contribution is -0.142. The van der Waals surface area contributed by atoms with E-state index in [1.54, 1.807) is 0 Å². The molecule has 0 radical (unpaired) electrons. The minimum absolute atomic E-state index is 0.0590. The van der Waals surface area contributed by atoms with E-state index in [2.05, 4.69) is 10.3 Å². The van der Waals surface area contributed by atoms with E-state index in [1.165, 1.54) is 19.1 Å². The van der Waals surface area contributed by atoms with Crippen molar-refractivity contribution in [1.82, 2.24) is 14.9 Å². The zero-order chi connectivity index (χ0) is 17.8. The largest absolute Gasteiger partial charge is 0.398 e. The summed E-state index contributed by atoms with van der Waals surface area (Å²) >= 11 is 0. The first kappa shape index (κ1) is 15.9. The highest BCUT2D eigenvalue weighted by Crippen LogP contribution is 2.26. The number of nitrogens with two attached hydrogens (primary N) is 4. The highest BCUT2D eigenvalue weighted by molar-refractivity contribution is 6.04. The van der Waals surface area contributed by atoms with Gasteiger partial charge in [-0.05, 0) is 19.1 Å². The van der Waals surface area contributed by atoms with Crippen LogP contribution in [0.3, 0.4) is 0 Å². The molecule has 1 aliphatic rings. The SMILES string of the molecule is Cc1nc2c(N)ccc(N)c2c(=O)n1C1(N)CC(N)C(=O)NC1=O. The summed E-state index contributed by atoms with van der Waals surface area (Å²) in [4.78, 5) is 41.1. The minimum Gasteiger partial charge on any atom is -0.398 e. The molecule has 10 heteroatoms. The number of nitrogen functional groups attached to an aromatic ring is 2. The van der Waals surface area contributed by atoms with Gasteiger partial charge in [-0.1, -0.05) is 0 Å². The van der Waals surface area contributed by atoms with Crippen molar-refractivity contribution in [3.05, 3.63) is 28.3 Å². The van der Waals surface area contributed by atoms with Crippen molar-refractivity contribution in [3.8, 4) is 0 Å². The lowest BCUT2D eigenvalue weighted by Crippen LogP contribution is -2.68. The molecule has 10 nitrogen and oxygen atoms in total. The van der Waals surface area contributed by atoms with Crippen LogP contribution in [0.25, 0.3) is 10.9 Å². The Morgan fingerprint density at radius 1 is 1.25 bits per heavy atom. The molecule has 3 rings (SSSR count). The van der Waals surface area contributed by atoms with Gasteiger partial charge in [-0.3, -0.25) is 24.3 Å². The number of anilines is 2. The molecule has 2 heterocycles. The fourth-order valence-corrected chi connectivity index (χ4v) is 2.93. The Labute approximate surface area is 135 Å². The summed E-state index contributed by atoms with van der Waals surface area (Å²) in [7, 11) is 0. The van der Waals surface area contributed by atoms with Crippen molar-refractivity contribution < 1.29 is 9.59 Å². The molecule has 24 heavy (non-hydrogen) atoms. The van der Waals surface area contributed by atoms with Gasteiger partial charge < -0.3 is 22.9 Å². The summed E-state index contributed by atoms with van der Waals surface area (Å²) in [6.45, 7) is 1.51. The number of nitrogens with one attached hydrogen (secondary N) is 1. The fourth-order valence-electron chi connectivity index (χ4n) is 2.93. The van der Waals surface area contributed by atoms with E-state index in [1.807, 2.05) is 0 Å². The molecular formula is C14H17N7O3. The Morgan fingerprint density at radius 3 is 2.54 bits per heavy atom. The van der Waals surface area contributed by atoms with Crippen LogP contribution < -0.4 is 33.8 Å². The van der Waals surface area contributed by atoms with Crippen molar-refractivity contribution >= 4 is 34.1 Å². The number of aryl methyl sites for hydroxylation is 1. The number of amides is 2. The van der Waals surface area contributed by atoms with Gasteiger partial charge in [0.1, 0.15) is 11.3 Å². The molecule has 1 aromatic carbocycles. The predicted molar refractivity (Wildman–Crippen MR) is 87.5 cm³/mol. The number of imide groups is 1. The van der Waals surface area contributed by atoms with E-state index in [0.29, 0.717) is 0 Å². The minimum atomic E-state index is -1.85. The summed E-state index contributed by atoms with van der Waals surface area (Å²) < 4.78 is 1.01. The molecular weight excluding hydrogens is 314 g/mol. The van der Waals surface area contributed by atoms with Crippen LogP contribution in [0.4, 0.5) is 11.4 Å². The molecule has 1 aliphatic heterocycles. The highest BCUT2D eigenvalue weighted by Gasteiger charge is 2.46. The maximum Gasteiger partial charge on any atom is 0.267 e. The van der Waals surface area contributed by atoms with Crippen LogP contribution >= 0.6 is 0 Å². The van der Waals surface area contributed by atoms with E-state index < -0.39 is 29.1 Å². The van der Waals surface area contributed by atoms with E-state index in [9.17, 15) is 14.4 Å². The molecule has 0 saturated carbocycles. The Bertz CT molecular complexity index is 952. The van der Waals surface area contributed by atoms with Gasteiger partial charge in [-0.25, -0.2) is 4.98 Å². The lowest BCUT2D eigenvalue weighted by atomic mass is 9.94. The van der Waals surface area contributed by atoms with Gasteiger partial charge in [-0.2, -0.15) is 0 Å². The molecule has 126 valence electrons. The second kappa shape index (κ2) is 5.01. The maximum absolute atomic E-state index is 13.0. The normalized spacial score (nSPS) is 24.2. The van der Waals surface area contributed by atoms with Gasteiger partial charge in [0.15, 0.2) is 5.66 Å². The predicted octanol–water partition coefficient (Wildman–Crippen LogP) is -2.15. The number of nitrogens with zero attached hydrogens (tertiary/aromatic N) is 2. The molecule has 2 aromatic rings. The molecule has 0 aliphatic carbocycles. The third-order valence-corrected chi connectivity index (χ3v) is 4.15. The smallest absolute Gasteiger partial charge is 0.267 e. The summed E-state index contributed by atoms with van der Waals surface area (Å²) in [5.41, 5.74) is 21.8. The molecule has 1 fully saturated rings. The van der Waals surface area contributed by atoms with Gasteiger partial charge in [0, 0.05) is 12.1 Å². The topological polar surface area (TPSA) is 185 Å². The van der Waals surface area contributed by atoms with Gasteiger partial charge in [0.25, 0.3) is 11.5 Å². The van der Waals surface area contributed by atoms with Crippen LogP contribution in [-0.4, -0.2) is 27.4 Å². The summed E-state index contributed by atoms with van der Waals surface area (Å²) in [5, 5.41) is 2.13. The third-order valence-electron chi connectivity index (χ3n) is 4.15. The number of piperidine rings is 1. The van der Waals surface area contributed by atoms with E-state index >= 15 is 0 Å². The van der Waals surface area contributed by atoms with Gasteiger partial charge in [0.2, 0.25) is 5.91 Å². The maximum atomic E-state index is 13.0. The van der Waals surface area contributed by atoms with Crippen molar-refractivity contribution in [2.24, 2.45) is 11.5 Å². The van der Waals surface area contributed by atoms with Crippen molar-refractivity contribution in [3.63, 3.8) is 0 Å². The molecule has 1 saturated heterocycles. The van der Waals surface area contributed by atoms with Crippen LogP contribution in [0.5, 0.6) is 0 Å². The number of fused-ring (bicyclic) bond motifs is 1. The van der Waals surface area contributed by atoms with E-state index in [0.717, 1.165) is 4.57 Å². The van der Waals surface area contributed by atoms with Crippen LogP contribution in [0.15, 0.2) is 16.9 Å². The fraction of sp³-hybridized carbons (Fsp3) is 0.286. The molecule has 2 atom stereocenters. The van der Waals surface area contributed by atoms with Crippen molar-refractivity contribution in [1.29, 1.82) is 0 Å². The van der Waals surface area contributed by atoms with Gasteiger partial charge >= 0.3 is 0 Å². The van der Waals surface area contributed by atoms with Gasteiger partial charge in [0.05, 0.1) is 17.1 Å². The van der Waals surface area contributed by atoms with Crippen molar-refractivity contribution in [2.75, 3.05) is 11.5 Å². The molecule has 9 N–H and O–H groups in total. The average Bonchev–Trinajstić information content (AvgIpc) is 2.49. The monoisotopic (exact) mass is 331 g/mol. The van der Waals surface area contributed by atoms with E-state index in [-0.39, 0.29) is 34.5 Å². The number of rotatable bonds is 1. The Hall–Kier alpha value is -2.98. The summed E-state index contributed by atoms with van der Waals surface area (Å²) in [6, 6.07) is 1.97. The van der Waals surface area contributed by atoms with Crippen LogP contribution in [-0.2, 0) is 15.3 Å². The van der Waals surface area contributed by atoms with Crippen molar-refractivity contribution in [2.45, 2.75) is 25.0 Å². The Kier molecular flexibility index (Phi) is 3.32. The summed E-state index contributed by atoms with van der Waals surface area (Å²) in [6.07, 6.45) is -0.242. The second-order valence-electron chi connectivity index (χ2n) is 5.82. The highest BCUT2D eigenvalue weighted by atomic mass is 16.2. The third kappa shape index (κ3) is 2.04. The standard InChI is InChI=1S/C14H17N7O3/c1-5-19-10-7(16)3-2-6(15)9(10)12(23)21(5)14(18)4-8(17)11(22)20-13(14)24/h2-3,8H,4,15-18H2,1H3,(H,20,22,24). The van der Waals surface area contributed by atoms with Crippen LogP contribution in [0.2, 0.25) is 0 Å².